The summed E-state index contributed by atoms with van der Waals surface area (Å²) < 4.78 is 10.5. The molecule has 1 aliphatic carbocycles. The molecule has 1 saturated heterocycles. The summed E-state index contributed by atoms with van der Waals surface area (Å²) in [7, 11) is 1.86. The number of Topliss-reactive ketones (excluding diaryl/α,β-unsaturated/α-hetero) is 1. The van der Waals surface area contributed by atoms with Crippen molar-refractivity contribution in [3.05, 3.63) is 101 Å². The van der Waals surface area contributed by atoms with E-state index in [1.54, 1.807) is 29.1 Å². The standard InChI is InChI=1S/C36H31N5O5/c1-39-21-24(20-37-39)22-6-9-33-30(16-22)32(42)19-36(46-33)11-14-40(15-12-36)35(44)23-17-29(26-4-2-3-5-28(26)34(43)38-45)27-10-13-41(25-7-8-25)31(27)18-23/h2-6,9-10,13,16-18,20-21,25H,7-8,11-12,14-15,19H2,1H3. The maximum Gasteiger partial charge on any atom is 0.317 e. The highest BCUT2D eigenvalue weighted by Crippen LogP contribution is 2.43. The predicted octanol–water partition coefficient (Wildman–Crippen LogP) is 6.59. The first-order valence-electron chi connectivity index (χ1n) is 15.6. The van der Waals surface area contributed by atoms with Crippen molar-refractivity contribution in [3.63, 3.8) is 0 Å². The maximum atomic E-state index is 14.1. The van der Waals surface area contributed by atoms with Crippen molar-refractivity contribution in [1.82, 2.24) is 19.2 Å². The number of nitroso groups, excluding NO2 is 1. The third kappa shape index (κ3) is 4.72. The highest BCUT2D eigenvalue weighted by atomic mass is 16.5. The van der Waals surface area contributed by atoms with Crippen LogP contribution in [0.2, 0.25) is 0 Å². The molecular formula is C36H31N5O5. The lowest BCUT2D eigenvalue weighted by atomic mass is 9.82. The van der Waals surface area contributed by atoms with Crippen LogP contribution in [0.5, 0.6) is 5.75 Å². The van der Waals surface area contributed by atoms with Gasteiger partial charge < -0.3 is 14.2 Å². The average Bonchev–Trinajstić information content (AvgIpc) is 3.68. The fourth-order valence-corrected chi connectivity index (χ4v) is 7.06. The van der Waals surface area contributed by atoms with E-state index >= 15 is 0 Å². The van der Waals surface area contributed by atoms with E-state index in [0.717, 1.165) is 34.9 Å². The van der Waals surface area contributed by atoms with Crippen molar-refractivity contribution in [2.75, 3.05) is 13.1 Å². The van der Waals surface area contributed by atoms with Crippen molar-refractivity contribution in [2.45, 2.75) is 43.7 Å². The predicted molar refractivity (Wildman–Crippen MR) is 172 cm³/mol. The van der Waals surface area contributed by atoms with Crippen LogP contribution in [0.3, 0.4) is 0 Å². The second-order valence-corrected chi connectivity index (χ2v) is 12.6. The Balaban J connectivity index is 1.07. The van der Waals surface area contributed by atoms with Gasteiger partial charge in [-0.3, -0.25) is 19.1 Å². The number of carbonyl (C=O) groups is 3. The fourth-order valence-electron chi connectivity index (χ4n) is 7.06. The van der Waals surface area contributed by atoms with Gasteiger partial charge in [0.15, 0.2) is 5.78 Å². The van der Waals surface area contributed by atoms with Crippen LogP contribution in [0.4, 0.5) is 0 Å². The number of likely N-dealkylation sites (tertiary alicyclic amines) is 1. The van der Waals surface area contributed by atoms with Crippen molar-refractivity contribution in [3.8, 4) is 28.0 Å². The zero-order valence-corrected chi connectivity index (χ0v) is 25.3. The molecule has 4 heterocycles. The molecule has 8 rings (SSSR count). The number of ether oxygens (including phenoxy) is 1. The van der Waals surface area contributed by atoms with Crippen LogP contribution in [0, 0.1) is 4.91 Å². The van der Waals surface area contributed by atoms with E-state index < -0.39 is 11.5 Å². The van der Waals surface area contributed by atoms with E-state index in [4.69, 9.17) is 4.74 Å². The maximum absolute atomic E-state index is 14.1. The van der Waals surface area contributed by atoms with Crippen LogP contribution >= 0.6 is 0 Å². The van der Waals surface area contributed by atoms with E-state index in [2.05, 4.69) is 14.8 Å². The summed E-state index contributed by atoms with van der Waals surface area (Å²) in [5.74, 6) is -0.346. The fraction of sp³-hybridized carbons (Fsp3) is 0.278. The topological polar surface area (TPSA) is 116 Å². The normalized spacial score (nSPS) is 17.2. The van der Waals surface area contributed by atoms with Crippen LogP contribution < -0.4 is 4.74 Å². The molecule has 0 radical (unpaired) electrons. The highest BCUT2D eigenvalue weighted by Gasteiger charge is 2.44. The first-order chi connectivity index (χ1) is 22.3. The quantitative estimate of drug-likeness (QED) is 0.207. The van der Waals surface area contributed by atoms with Gasteiger partial charge in [-0.2, -0.15) is 5.10 Å². The molecule has 2 fully saturated rings. The van der Waals surface area contributed by atoms with Crippen molar-refractivity contribution < 1.29 is 19.1 Å². The van der Waals surface area contributed by atoms with Crippen molar-refractivity contribution in [2.24, 2.45) is 12.2 Å². The molecule has 0 N–H and O–H groups in total. The molecule has 0 bridgehead atoms. The first kappa shape index (κ1) is 28.1. The summed E-state index contributed by atoms with van der Waals surface area (Å²) in [6.45, 7) is 0.882. The van der Waals surface area contributed by atoms with Gasteiger partial charge in [0.25, 0.3) is 5.91 Å². The van der Waals surface area contributed by atoms with Gasteiger partial charge >= 0.3 is 5.91 Å². The summed E-state index contributed by atoms with van der Waals surface area (Å²) in [6.07, 6.45) is 9.18. The van der Waals surface area contributed by atoms with E-state index in [0.29, 0.717) is 60.0 Å². The monoisotopic (exact) mass is 613 g/mol. The largest absolute Gasteiger partial charge is 0.486 e. The Hall–Kier alpha value is -5.38. The SMILES string of the molecule is Cn1cc(-c2ccc3c(c2)C(=O)CC2(CCN(C(=O)c4cc(-c5ccccc5C(=O)N=O)c5ccn(C6CC6)c5c4)CC2)O3)cn1. The van der Waals surface area contributed by atoms with Gasteiger partial charge in [-0.15, -0.1) is 4.91 Å². The Bertz CT molecular complexity index is 2080. The smallest absolute Gasteiger partial charge is 0.317 e. The Morgan fingerprint density at radius 2 is 1.76 bits per heavy atom. The van der Waals surface area contributed by atoms with Crippen LogP contribution in [-0.4, -0.2) is 55.5 Å². The molecule has 46 heavy (non-hydrogen) atoms. The number of hydrogen-bond acceptors (Lipinski definition) is 6. The Morgan fingerprint density at radius 1 is 0.957 bits per heavy atom. The number of rotatable bonds is 5. The summed E-state index contributed by atoms with van der Waals surface area (Å²) >= 11 is 0. The van der Waals surface area contributed by atoms with Crippen LogP contribution in [0.15, 0.2) is 84.4 Å². The van der Waals surface area contributed by atoms with Crippen LogP contribution in [0.25, 0.3) is 33.2 Å². The Morgan fingerprint density at radius 3 is 2.50 bits per heavy atom. The van der Waals surface area contributed by atoms with Gasteiger partial charge in [0.05, 0.1) is 23.7 Å². The minimum atomic E-state index is -0.847. The van der Waals surface area contributed by atoms with Crippen LogP contribution in [0.1, 0.15) is 69.2 Å². The molecule has 3 aromatic carbocycles. The molecule has 10 heteroatoms. The third-order valence-electron chi connectivity index (χ3n) is 9.65. The number of piperidine rings is 1. The number of amides is 2. The minimum absolute atomic E-state index is 0.0423. The molecule has 5 aromatic rings. The number of fused-ring (bicyclic) bond motifs is 2. The number of benzene rings is 3. The number of carbonyl (C=O) groups excluding carboxylic acids is 3. The molecule has 1 spiro atoms. The Kier molecular flexibility index (Phi) is 6.49. The van der Waals surface area contributed by atoms with Gasteiger partial charge in [0, 0.05) is 78.6 Å². The lowest BCUT2D eigenvalue weighted by molar-refractivity contribution is -0.00570. The molecule has 0 atom stereocenters. The number of nitrogens with zero attached hydrogens (tertiary/aromatic N) is 5. The molecule has 2 aliphatic heterocycles. The van der Waals surface area contributed by atoms with Gasteiger partial charge in [-0.25, -0.2) is 0 Å². The highest BCUT2D eigenvalue weighted by molar-refractivity contribution is 6.09. The number of ketones is 1. The molecule has 10 nitrogen and oxygen atoms in total. The van der Waals surface area contributed by atoms with Crippen molar-refractivity contribution in [1.29, 1.82) is 0 Å². The third-order valence-corrected chi connectivity index (χ3v) is 9.65. The number of hydrogen-bond donors (Lipinski definition) is 0. The first-order valence-corrected chi connectivity index (χ1v) is 15.6. The summed E-state index contributed by atoms with van der Waals surface area (Å²) in [5, 5.41) is 7.81. The molecule has 0 unspecified atom stereocenters. The zero-order chi connectivity index (χ0) is 31.6. The summed E-state index contributed by atoms with van der Waals surface area (Å²) in [4.78, 5) is 53.0. The van der Waals surface area contributed by atoms with Gasteiger partial charge in [0.2, 0.25) is 0 Å². The molecule has 1 saturated carbocycles. The molecule has 2 amide bonds. The minimum Gasteiger partial charge on any atom is -0.486 e. The lowest BCUT2D eigenvalue weighted by Gasteiger charge is -2.44. The molecular weight excluding hydrogens is 582 g/mol. The summed E-state index contributed by atoms with van der Waals surface area (Å²) in [6, 6.07) is 18.7. The summed E-state index contributed by atoms with van der Waals surface area (Å²) in [5.41, 5.74) is 4.68. The van der Waals surface area contributed by atoms with Crippen molar-refractivity contribution >= 4 is 28.5 Å². The van der Waals surface area contributed by atoms with Crippen LogP contribution in [-0.2, 0) is 7.05 Å². The average molecular weight is 614 g/mol. The zero-order valence-electron chi connectivity index (χ0n) is 25.3. The second kappa shape index (κ2) is 10.6. The number of aromatic nitrogens is 3. The van der Waals surface area contributed by atoms with E-state index in [1.165, 1.54) is 0 Å². The lowest BCUT2D eigenvalue weighted by Crippen LogP contribution is -2.52. The second-order valence-electron chi connectivity index (χ2n) is 12.6. The molecule has 3 aliphatic rings. The van der Waals surface area contributed by atoms with E-state index in [9.17, 15) is 19.3 Å². The molecule has 230 valence electrons. The van der Waals surface area contributed by atoms with Gasteiger partial charge in [-0.1, -0.05) is 24.3 Å². The Labute approximate surface area is 264 Å². The molecule has 2 aromatic heterocycles. The van der Waals surface area contributed by atoms with E-state index in [-0.39, 0.29) is 23.7 Å². The van der Waals surface area contributed by atoms with E-state index in [1.807, 2.05) is 66.8 Å². The number of aryl methyl sites for hydroxylation is 1. The van der Waals surface area contributed by atoms with Gasteiger partial charge in [-0.05, 0) is 65.9 Å². The van der Waals surface area contributed by atoms with Gasteiger partial charge in [0.1, 0.15) is 11.4 Å².